The van der Waals surface area contributed by atoms with Crippen molar-refractivity contribution in [3.05, 3.63) is 46.7 Å². The Morgan fingerprint density at radius 2 is 1.72 bits per heavy atom. The molecule has 0 radical (unpaired) electrons. The Bertz CT molecular complexity index is 893. The monoisotopic (exact) mass is 415 g/mol. The fraction of sp³-hybridized carbons (Fsp3) is 0.350. The van der Waals surface area contributed by atoms with Gasteiger partial charge in [0, 0.05) is 26.2 Å². The molecule has 9 heteroatoms. The number of benzene rings is 1. The number of piperazine rings is 1. The van der Waals surface area contributed by atoms with Crippen LogP contribution in [0.15, 0.2) is 41.8 Å². The minimum absolute atomic E-state index is 0.0545. The van der Waals surface area contributed by atoms with Crippen LogP contribution < -0.4 is 14.8 Å². The number of hydrogen-bond donors (Lipinski definition) is 1. The van der Waals surface area contributed by atoms with E-state index in [1.54, 1.807) is 34.1 Å². The lowest BCUT2D eigenvalue weighted by Gasteiger charge is -2.37. The van der Waals surface area contributed by atoms with Gasteiger partial charge in [-0.1, -0.05) is 18.2 Å². The summed E-state index contributed by atoms with van der Waals surface area (Å²) >= 11 is 1.33. The number of carbonyl (C=O) groups is 3. The van der Waals surface area contributed by atoms with Crippen LogP contribution in [0.25, 0.3) is 0 Å². The van der Waals surface area contributed by atoms with Crippen molar-refractivity contribution in [3.8, 4) is 11.5 Å². The number of amides is 3. The Labute approximate surface area is 172 Å². The van der Waals surface area contributed by atoms with E-state index in [0.717, 1.165) is 0 Å². The summed E-state index contributed by atoms with van der Waals surface area (Å²) in [6.45, 7) is 1.80. The van der Waals surface area contributed by atoms with Crippen molar-refractivity contribution in [1.29, 1.82) is 0 Å². The topological polar surface area (TPSA) is 88.2 Å². The van der Waals surface area contributed by atoms with Crippen molar-refractivity contribution < 1.29 is 23.9 Å². The molecule has 2 aromatic rings. The summed E-state index contributed by atoms with van der Waals surface area (Å²) in [5.74, 6) is 0.645. The predicted octanol–water partition coefficient (Wildman–Crippen LogP) is 0.989. The molecule has 0 spiro atoms. The summed E-state index contributed by atoms with van der Waals surface area (Å²) in [5, 5.41) is 4.45. The SMILES string of the molecule is O=C(NCC(=O)N1CCN(C(=O)C2COc3ccccc3O2)CC1)c1cccs1. The van der Waals surface area contributed by atoms with E-state index in [0.29, 0.717) is 42.6 Å². The molecule has 3 heterocycles. The maximum atomic E-state index is 12.7. The molecule has 152 valence electrons. The molecule has 1 atom stereocenters. The van der Waals surface area contributed by atoms with E-state index in [2.05, 4.69) is 5.32 Å². The first kappa shape index (κ1) is 19.3. The maximum Gasteiger partial charge on any atom is 0.267 e. The summed E-state index contributed by atoms with van der Waals surface area (Å²) in [6.07, 6.45) is -0.683. The van der Waals surface area contributed by atoms with Crippen molar-refractivity contribution in [1.82, 2.24) is 15.1 Å². The van der Waals surface area contributed by atoms with E-state index >= 15 is 0 Å². The normalized spacial score (nSPS) is 18.3. The number of para-hydroxylation sites is 2. The number of nitrogens with one attached hydrogen (secondary N) is 1. The third-order valence-corrected chi connectivity index (χ3v) is 5.74. The molecule has 2 aliphatic rings. The number of rotatable bonds is 4. The maximum absolute atomic E-state index is 12.7. The van der Waals surface area contributed by atoms with E-state index in [4.69, 9.17) is 9.47 Å². The van der Waals surface area contributed by atoms with Gasteiger partial charge in [-0.25, -0.2) is 0 Å². The molecule has 1 saturated heterocycles. The molecular formula is C20H21N3O5S. The minimum Gasteiger partial charge on any atom is -0.485 e. The number of hydrogen-bond acceptors (Lipinski definition) is 6. The van der Waals surface area contributed by atoms with Gasteiger partial charge in [0.05, 0.1) is 11.4 Å². The van der Waals surface area contributed by atoms with E-state index in [-0.39, 0.29) is 30.9 Å². The van der Waals surface area contributed by atoms with Gasteiger partial charge in [-0.2, -0.15) is 0 Å². The quantitative estimate of drug-likeness (QED) is 0.805. The Balaban J connectivity index is 1.24. The lowest BCUT2D eigenvalue weighted by atomic mass is 10.2. The van der Waals surface area contributed by atoms with E-state index in [1.165, 1.54) is 11.3 Å². The molecule has 1 aromatic heterocycles. The highest BCUT2D eigenvalue weighted by Crippen LogP contribution is 2.31. The van der Waals surface area contributed by atoms with Crippen molar-refractivity contribution >= 4 is 29.1 Å². The van der Waals surface area contributed by atoms with Gasteiger partial charge in [0.2, 0.25) is 12.0 Å². The fourth-order valence-corrected chi connectivity index (χ4v) is 3.92. The zero-order chi connectivity index (χ0) is 20.2. The molecule has 0 saturated carbocycles. The van der Waals surface area contributed by atoms with Gasteiger partial charge in [-0.15, -0.1) is 11.3 Å². The second-order valence-corrected chi connectivity index (χ2v) is 7.68. The number of nitrogens with zero attached hydrogens (tertiary/aromatic N) is 2. The average molecular weight is 415 g/mol. The molecule has 3 amide bonds. The van der Waals surface area contributed by atoms with E-state index in [9.17, 15) is 14.4 Å². The Morgan fingerprint density at radius 1 is 1.00 bits per heavy atom. The van der Waals surface area contributed by atoms with Crippen molar-refractivity contribution in [2.75, 3.05) is 39.3 Å². The van der Waals surface area contributed by atoms with Crippen LogP contribution in [-0.4, -0.2) is 73.0 Å². The molecular weight excluding hydrogens is 394 g/mol. The fourth-order valence-electron chi connectivity index (χ4n) is 3.28. The Hall–Kier alpha value is -3.07. The summed E-state index contributed by atoms with van der Waals surface area (Å²) in [6, 6.07) is 10.8. The van der Waals surface area contributed by atoms with Crippen molar-refractivity contribution in [3.63, 3.8) is 0 Å². The van der Waals surface area contributed by atoms with Crippen LogP contribution in [0, 0.1) is 0 Å². The summed E-state index contributed by atoms with van der Waals surface area (Å²) < 4.78 is 11.4. The third kappa shape index (κ3) is 4.34. The first-order valence-electron chi connectivity index (χ1n) is 9.38. The highest BCUT2D eigenvalue weighted by atomic mass is 32.1. The standard InChI is InChI=1S/C20H21N3O5S/c24-18(12-21-19(25)17-6-3-11-29-17)22-7-9-23(10-8-22)20(26)16-13-27-14-4-1-2-5-15(14)28-16/h1-6,11,16H,7-10,12-13H2,(H,21,25). The number of carbonyl (C=O) groups excluding carboxylic acids is 3. The van der Waals surface area contributed by atoms with Crippen LogP contribution in [0.3, 0.4) is 0 Å². The van der Waals surface area contributed by atoms with Gasteiger partial charge in [-0.3, -0.25) is 14.4 Å². The van der Waals surface area contributed by atoms with Gasteiger partial charge in [-0.05, 0) is 23.6 Å². The van der Waals surface area contributed by atoms with Crippen LogP contribution in [0.2, 0.25) is 0 Å². The first-order valence-corrected chi connectivity index (χ1v) is 10.3. The number of thiophene rings is 1. The molecule has 0 bridgehead atoms. The van der Waals surface area contributed by atoms with Crippen LogP contribution >= 0.6 is 11.3 Å². The summed E-state index contributed by atoms with van der Waals surface area (Å²) in [7, 11) is 0. The van der Waals surface area contributed by atoms with E-state index < -0.39 is 6.10 Å². The van der Waals surface area contributed by atoms with Gasteiger partial charge in [0.15, 0.2) is 11.5 Å². The molecule has 1 fully saturated rings. The minimum atomic E-state index is -0.683. The molecule has 8 nitrogen and oxygen atoms in total. The summed E-state index contributed by atoms with van der Waals surface area (Å²) in [5.41, 5.74) is 0. The lowest BCUT2D eigenvalue weighted by molar-refractivity contribution is -0.146. The highest BCUT2D eigenvalue weighted by Gasteiger charge is 2.33. The molecule has 2 aliphatic heterocycles. The lowest BCUT2D eigenvalue weighted by Crippen LogP contribution is -2.56. The van der Waals surface area contributed by atoms with Gasteiger partial charge < -0.3 is 24.6 Å². The van der Waals surface area contributed by atoms with Gasteiger partial charge in [0.1, 0.15) is 6.61 Å². The first-order chi connectivity index (χ1) is 14.1. The molecule has 1 N–H and O–H groups in total. The molecule has 29 heavy (non-hydrogen) atoms. The van der Waals surface area contributed by atoms with Crippen molar-refractivity contribution in [2.45, 2.75) is 6.10 Å². The van der Waals surface area contributed by atoms with Crippen LogP contribution in [-0.2, 0) is 9.59 Å². The smallest absolute Gasteiger partial charge is 0.267 e. The number of ether oxygens (including phenoxy) is 2. The van der Waals surface area contributed by atoms with Crippen LogP contribution in [0.4, 0.5) is 0 Å². The highest BCUT2D eigenvalue weighted by molar-refractivity contribution is 7.12. The average Bonchev–Trinajstić information content (AvgIpc) is 3.31. The molecule has 4 rings (SSSR count). The Kier molecular flexibility index (Phi) is 5.66. The van der Waals surface area contributed by atoms with Gasteiger partial charge in [0.25, 0.3) is 11.8 Å². The van der Waals surface area contributed by atoms with E-state index in [1.807, 2.05) is 17.5 Å². The third-order valence-electron chi connectivity index (χ3n) is 4.87. The van der Waals surface area contributed by atoms with Gasteiger partial charge >= 0.3 is 0 Å². The summed E-state index contributed by atoms with van der Waals surface area (Å²) in [4.78, 5) is 41.0. The zero-order valence-corrected chi connectivity index (χ0v) is 16.5. The zero-order valence-electron chi connectivity index (χ0n) is 15.7. The predicted molar refractivity (Wildman–Crippen MR) is 106 cm³/mol. The second kappa shape index (κ2) is 8.52. The van der Waals surface area contributed by atoms with Crippen molar-refractivity contribution in [2.24, 2.45) is 0 Å². The molecule has 0 aliphatic carbocycles. The number of fused-ring (bicyclic) bond motifs is 1. The second-order valence-electron chi connectivity index (χ2n) is 6.73. The Morgan fingerprint density at radius 3 is 2.45 bits per heavy atom. The van der Waals surface area contributed by atoms with Crippen LogP contribution in [0.1, 0.15) is 9.67 Å². The van der Waals surface area contributed by atoms with Crippen LogP contribution in [0.5, 0.6) is 11.5 Å². The molecule has 1 aromatic carbocycles. The largest absolute Gasteiger partial charge is 0.485 e. The molecule has 1 unspecified atom stereocenters.